The van der Waals surface area contributed by atoms with Gasteiger partial charge in [0, 0.05) is 12.2 Å². The molecule has 1 saturated carbocycles. The first-order chi connectivity index (χ1) is 9.84. The lowest BCUT2D eigenvalue weighted by Gasteiger charge is -2.32. The predicted molar refractivity (Wildman–Crippen MR) is 81.1 cm³/mol. The Morgan fingerprint density at radius 1 is 1.38 bits per heavy atom. The Bertz CT molecular complexity index is 550. The number of nitrogens with zero attached hydrogens (tertiary/aromatic N) is 1. The van der Waals surface area contributed by atoms with E-state index in [0.29, 0.717) is 0 Å². The van der Waals surface area contributed by atoms with Gasteiger partial charge in [0.1, 0.15) is 0 Å². The van der Waals surface area contributed by atoms with Gasteiger partial charge in [0.05, 0.1) is 12.0 Å². The van der Waals surface area contributed by atoms with Crippen molar-refractivity contribution < 1.29 is 14.7 Å². The van der Waals surface area contributed by atoms with Crippen LogP contribution in [0.25, 0.3) is 0 Å². The molecule has 2 rings (SSSR count). The number of rotatable bonds is 6. The van der Waals surface area contributed by atoms with Crippen LogP contribution in [0.4, 0.5) is 5.69 Å². The number of hydrogen-bond acceptors (Lipinski definition) is 3. The number of anilines is 1. The average Bonchev–Trinajstić information content (AvgIpc) is 3.25. The zero-order valence-electron chi connectivity index (χ0n) is 12.5. The van der Waals surface area contributed by atoms with Crippen LogP contribution in [0, 0.1) is 12.8 Å². The summed E-state index contributed by atoms with van der Waals surface area (Å²) in [5.41, 5.74) is 6.96. The van der Waals surface area contributed by atoms with Gasteiger partial charge in [-0.05, 0) is 44.2 Å². The maximum absolute atomic E-state index is 12.8. The molecule has 1 aliphatic carbocycles. The van der Waals surface area contributed by atoms with Gasteiger partial charge in [0.15, 0.2) is 0 Å². The van der Waals surface area contributed by atoms with Crippen LogP contribution in [0.3, 0.4) is 0 Å². The summed E-state index contributed by atoms with van der Waals surface area (Å²) in [7, 11) is 0. The molecule has 1 amide bonds. The van der Waals surface area contributed by atoms with Crippen LogP contribution in [0.2, 0.25) is 0 Å². The second-order valence-corrected chi connectivity index (χ2v) is 5.94. The summed E-state index contributed by atoms with van der Waals surface area (Å²) in [5.74, 6) is -0.923. The Labute approximate surface area is 124 Å². The van der Waals surface area contributed by atoms with Crippen molar-refractivity contribution in [1.82, 2.24) is 0 Å². The van der Waals surface area contributed by atoms with E-state index in [1.54, 1.807) is 6.92 Å². The first kappa shape index (κ1) is 15.5. The van der Waals surface area contributed by atoms with Gasteiger partial charge in [-0.1, -0.05) is 18.2 Å². The highest BCUT2D eigenvalue weighted by Gasteiger charge is 2.46. The number of carboxylic acid groups (broad SMARTS) is 1. The molecule has 1 unspecified atom stereocenters. The quantitative estimate of drug-likeness (QED) is 0.838. The van der Waals surface area contributed by atoms with E-state index in [4.69, 9.17) is 10.8 Å². The SMILES string of the molecule is Cc1ccccc1N(CCC(=O)O)C(=O)C(C)(N)C1CC1. The molecular formula is C16H22N2O3. The molecule has 0 aliphatic heterocycles. The van der Waals surface area contributed by atoms with Crippen molar-refractivity contribution in [3.05, 3.63) is 29.8 Å². The summed E-state index contributed by atoms with van der Waals surface area (Å²) in [6, 6.07) is 7.47. The van der Waals surface area contributed by atoms with Crippen LogP contribution in [-0.4, -0.2) is 29.1 Å². The molecule has 1 aliphatic rings. The summed E-state index contributed by atoms with van der Waals surface area (Å²) >= 11 is 0. The molecule has 1 aromatic carbocycles. The number of benzene rings is 1. The highest BCUT2D eigenvalue weighted by atomic mass is 16.4. The molecule has 0 radical (unpaired) electrons. The molecule has 1 aromatic rings. The van der Waals surface area contributed by atoms with E-state index in [0.717, 1.165) is 24.1 Å². The number of para-hydroxylation sites is 1. The largest absolute Gasteiger partial charge is 0.481 e. The minimum Gasteiger partial charge on any atom is -0.481 e. The third-order valence-corrected chi connectivity index (χ3v) is 4.09. The zero-order valence-corrected chi connectivity index (χ0v) is 12.5. The number of aryl methyl sites for hydroxylation is 1. The van der Waals surface area contributed by atoms with Crippen molar-refractivity contribution in [2.24, 2.45) is 11.7 Å². The fourth-order valence-corrected chi connectivity index (χ4v) is 2.55. The normalized spacial score (nSPS) is 17.1. The smallest absolute Gasteiger partial charge is 0.305 e. The topological polar surface area (TPSA) is 83.6 Å². The fourth-order valence-electron chi connectivity index (χ4n) is 2.55. The highest BCUT2D eigenvalue weighted by Crippen LogP contribution is 2.39. The molecule has 1 atom stereocenters. The molecule has 3 N–H and O–H groups in total. The Morgan fingerprint density at radius 2 is 2.00 bits per heavy atom. The Morgan fingerprint density at radius 3 is 2.52 bits per heavy atom. The van der Waals surface area contributed by atoms with Gasteiger partial charge in [-0.25, -0.2) is 0 Å². The molecule has 21 heavy (non-hydrogen) atoms. The Hall–Kier alpha value is -1.88. The van der Waals surface area contributed by atoms with Crippen molar-refractivity contribution >= 4 is 17.6 Å². The number of carboxylic acids is 1. The number of aliphatic carboxylic acids is 1. The summed E-state index contributed by atoms with van der Waals surface area (Å²) in [5, 5.41) is 8.92. The summed E-state index contributed by atoms with van der Waals surface area (Å²) < 4.78 is 0. The van der Waals surface area contributed by atoms with E-state index in [-0.39, 0.29) is 24.8 Å². The van der Waals surface area contributed by atoms with Crippen molar-refractivity contribution in [3.63, 3.8) is 0 Å². The minimum atomic E-state index is -0.930. The van der Waals surface area contributed by atoms with Crippen molar-refractivity contribution in [1.29, 1.82) is 0 Å². The van der Waals surface area contributed by atoms with Gasteiger partial charge in [0.2, 0.25) is 5.91 Å². The number of hydrogen-bond donors (Lipinski definition) is 2. The molecule has 0 spiro atoms. The van der Waals surface area contributed by atoms with Crippen molar-refractivity contribution in [2.75, 3.05) is 11.4 Å². The van der Waals surface area contributed by atoms with Crippen molar-refractivity contribution in [2.45, 2.75) is 38.6 Å². The van der Waals surface area contributed by atoms with Crippen molar-refractivity contribution in [3.8, 4) is 0 Å². The molecule has 0 heterocycles. The van der Waals surface area contributed by atoms with Gasteiger partial charge < -0.3 is 15.7 Å². The number of nitrogens with two attached hydrogens (primary N) is 1. The fraction of sp³-hybridized carbons (Fsp3) is 0.500. The van der Waals surface area contributed by atoms with Crippen LogP contribution in [-0.2, 0) is 9.59 Å². The first-order valence-electron chi connectivity index (χ1n) is 7.22. The van der Waals surface area contributed by atoms with Gasteiger partial charge >= 0.3 is 5.97 Å². The maximum Gasteiger partial charge on any atom is 0.305 e. The first-order valence-corrected chi connectivity index (χ1v) is 7.22. The minimum absolute atomic E-state index is 0.0964. The average molecular weight is 290 g/mol. The molecule has 5 heteroatoms. The van der Waals surface area contributed by atoms with Gasteiger partial charge in [-0.3, -0.25) is 9.59 Å². The number of carbonyl (C=O) groups is 2. The number of carbonyl (C=O) groups excluding carboxylic acids is 1. The molecular weight excluding hydrogens is 268 g/mol. The third-order valence-electron chi connectivity index (χ3n) is 4.09. The lowest BCUT2D eigenvalue weighted by molar-refractivity contribution is -0.136. The number of amides is 1. The summed E-state index contributed by atoms with van der Waals surface area (Å²) in [6.45, 7) is 3.79. The van der Waals surface area contributed by atoms with Gasteiger partial charge in [0.25, 0.3) is 0 Å². The second kappa shape index (κ2) is 5.85. The summed E-state index contributed by atoms with van der Waals surface area (Å²) in [4.78, 5) is 25.2. The maximum atomic E-state index is 12.8. The van der Waals surface area contributed by atoms with Crippen LogP contribution in [0.5, 0.6) is 0 Å². The van der Waals surface area contributed by atoms with E-state index in [1.165, 1.54) is 4.90 Å². The zero-order chi connectivity index (χ0) is 15.6. The van der Waals surface area contributed by atoms with Crippen LogP contribution < -0.4 is 10.6 Å². The second-order valence-electron chi connectivity index (χ2n) is 5.94. The third kappa shape index (κ3) is 3.42. The molecule has 0 saturated heterocycles. The standard InChI is InChI=1S/C16H22N2O3/c1-11-5-3-4-6-13(11)18(10-9-14(19)20)15(21)16(2,17)12-7-8-12/h3-6,12H,7-10,17H2,1-2H3,(H,19,20). The Balaban J connectivity index is 2.29. The lowest BCUT2D eigenvalue weighted by atomic mass is 9.94. The molecule has 0 aromatic heterocycles. The van der Waals surface area contributed by atoms with Crippen LogP contribution in [0.15, 0.2) is 24.3 Å². The van der Waals surface area contributed by atoms with Crippen LogP contribution in [0.1, 0.15) is 31.7 Å². The molecule has 114 valence electrons. The molecule has 5 nitrogen and oxygen atoms in total. The summed E-state index contributed by atoms with van der Waals surface area (Å²) in [6.07, 6.45) is 1.82. The Kier molecular flexibility index (Phi) is 4.32. The van der Waals surface area contributed by atoms with E-state index in [9.17, 15) is 9.59 Å². The van der Waals surface area contributed by atoms with Gasteiger partial charge in [-0.2, -0.15) is 0 Å². The van der Waals surface area contributed by atoms with Crippen LogP contribution >= 0.6 is 0 Å². The van der Waals surface area contributed by atoms with E-state index in [2.05, 4.69) is 0 Å². The van der Waals surface area contributed by atoms with E-state index >= 15 is 0 Å². The lowest BCUT2D eigenvalue weighted by Crippen LogP contribution is -2.55. The van der Waals surface area contributed by atoms with Gasteiger partial charge in [-0.15, -0.1) is 0 Å². The van der Waals surface area contributed by atoms with E-state index in [1.807, 2.05) is 31.2 Å². The van der Waals surface area contributed by atoms with E-state index < -0.39 is 11.5 Å². The molecule has 0 bridgehead atoms. The highest BCUT2D eigenvalue weighted by molar-refractivity contribution is 6.01. The monoisotopic (exact) mass is 290 g/mol. The predicted octanol–water partition coefficient (Wildman–Crippen LogP) is 1.93. The molecule has 1 fully saturated rings.